The van der Waals surface area contributed by atoms with Crippen molar-refractivity contribution in [3.63, 3.8) is 0 Å². The lowest BCUT2D eigenvalue weighted by molar-refractivity contribution is 0.265. The number of hydrogen-bond donors (Lipinski definition) is 1. The first-order valence-electron chi connectivity index (χ1n) is 12.1. The summed E-state index contributed by atoms with van der Waals surface area (Å²) in [5.41, 5.74) is 5.64. The standard InChI is InChI=1S/C30H25BrClFN2O2S/c1-3-36-27-14-20(23(31)15-28(27)37-17-22-24(32)5-4-6-25(22)33)16-34-21-10-8-19(9-11-21)30-35-26-12-7-18(2)13-29(26)38-30/h4-15,34H,3,16-17H2,1-2H3. The van der Waals surface area contributed by atoms with E-state index in [0.29, 0.717) is 35.2 Å². The fraction of sp³-hybridized carbons (Fsp3) is 0.167. The molecule has 1 N–H and O–H groups in total. The number of hydrogen-bond acceptors (Lipinski definition) is 5. The zero-order chi connectivity index (χ0) is 26.6. The van der Waals surface area contributed by atoms with Gasteiger partial charge < -0.3 is 14.8 Å². The van der Waals surface area contributed by atoms with E-state index in [9.17, 15) is 4.39 Å². The average molecular weight is 612 g/mol. The van der Waals surface area contributed by atoms with Gasteiger partial charge in [0.05, 0.1) is 21.8 Å². The number of thiazole rings is 1. The Morgan fingerprint density at radius 2 is 1.79 bits per heavy atom. The van der Waals surface area contributed by atoms with Crippen LogP contribution in [0.4, 0.5) is 10.1 Å². The molecule has 38 heavy (non-hydrogen) atoms. The number of nitrogens with zero attached hydrogens (tertiary/aromatic N) is 1. The number of aromatic nitrogens is 1. The number of ether oxygens (including phenoxy) is 2. The van der Waals surface area contributed by atoms with E-state index in [1.807, 2.05) is 19.1 Å². The van der Waals surface area contributed by atoms with Gasteiger partial charge in [-0.2, -0.15) is 0 Å². The number of halogens is 3. The van der Waals surface area contributed by atoms with Crippen LogP contribution in [-0.4, -0.2) is 11.6 Å². The minimum absolute atomic E-state index is 0.00374. The van der Waals surface area contributed by atoms with Crippen LogP contribution in [0.2, 0.25) is 5.02 Å². The highest BCUT2D eigenvalue weighted by atomic mass is 79.9. The van der Waals surface area contributed by atoms with Crippen molar-refractivity contribution in [1.82, 2.24) is 4.98 Å². The lowest BCUT2D eigenvalue weighted by atomic mass is 10.1. The Bertz CT molecular complexity index is 1570. The van der Waals surface area contributed by atoms with Crippen LogP contribution < -0.4 is 14.8 Å². The number of aryl methyl sites for hydroxylation is 1. The normalized spacial score (nSPS) is 11.1. The molecule has 0 aliphatic heterocycles. The van der Waals surface area contributed by atoms with Gasteiger partial charge in [-0.15, -0.1) is 11.3 Å². The largest absolute Gasteiger partial charge is 0.490 e. The monoisotopic (exact) mass is 610 g/mol. The van der Waals surface area contributed by atoms with Gasteiger partial charge in [0, 0.05) is 27.8 Å². The second-order valence-electron chi connectivity index (χ2n) is 8.73. The van der Waals surface area contributed by atoms with E-state index in [2.05, 4.69) is 70.6 Å². The molecule has 0 fully saturated rings. The summed E-state index contributed by atoms with van der Waals surface area (Å²) in [5.74, 6) is 0.693. The molecular formula is C30H25BrClFN2O2S. The number of benzene rings is 4. The summed E-state index contributed by atoms with van der Waals surface area (Å²) < 4.78 is 28.0. The van der Waals surface area contributed by atoms with Gasteiger partial charge in [-0.1, -0.05) is 39.7 Å². The molecule has 0 bridgehead atoms. The minimum Gasteiger partial charge on any atom is -0.490 e. The van der Waals surface area contributed by atoms with Gasteiger partial charge in [-0.25, -0.2) is 9.37 Å². The van der Waals surface area contributed by atoms with Crippen LogP contribution >= 0.6 is 38.9 Å². The number of nitrogens with one attached hydrogen (secondary N) is 1. The summed E-state index contributed by atoms with van der Waals surface area (Å²) in [6.07, 6.45) is 0. The lowest BCUT2D eigenvalue weighted by Gasteiger charge is -2.16. The van der Waals surface area contributed by atoms with E-state index in [1.165, 1.54) is 16.3 Å². The lowest BCUT2D eigenvalue weighted by Crippen LogP contribution is -2.05. The zero-order valence-corrected chi connectivity index (χ0v) is 24.0. The Labute approximate surface area is 238 Å². The van der Waals surface area contributed by atoms with E-state index in [0.717, 1.165) is 31.8 Å². The van der Waals surface area contributed by atoms with Crippen LogP contribution in [0.15, 0.2) is 77.3 Å². The van der Waals surface area contributed by atoms with Gasteiger partial charge in [0.15, 0.2) is 11.5 Å². The third kappa shape index (κ3) is 5.96. The molecular weight excluding hydrogens is 587 g/mol. The maximum absolute atomic E-state index is 14.2. The van der Waals surface area contributed by atoms with Crippen molar-refractivity contribution in [3.8, 4) is 22.1 Å². The molecule has 0 radical (unpaired) electrons. The van der Waals surface area contributed by atoms with Gasteiger partial charge in [0.1, 0.15) is 17.4 Å². The molecule has 4 nitrogen and oxygen atoms in total. The molecule has 0 amide bonds. The Morgan fingerprint density at radius 1 is 1.00 bits per heavy atom. The van der Waals surface area contributed by atoms with Gasteiger partial charge in [0.25, 0.3) is 0 Å². The predicted octanol–water partition coefficient (Wildman–Crippen LogP) is 9.42. The van der Waals surface area contributed by atoms with Crippen LogP contribution in [0.5, 0.6) is 11.5 Å². The topological polar surface area (TPSA) is 43.4 Å². The zero-order valence-electron chi connectivity index (χ0n) is 20.9. The Kier molecular flexibility index (Phi) is 8.17. The molecule has 1 heterocycles. The van der Waals surface area contributed by atoms with E-state index in [4.69, 9.17) is 26.1 Å². The minimum atomic E-state index is -0.403. The third-order valence-corrected chi connectivity index (χ3v) is 8.16. The molecule has 0 saturated carbocycles. The van der Waals surface area contributed by atoms with Crippen molar-refractivity contribution < 1.29 is 13.9 Å². The van der Waals surface area contributed by atoms with E-state index >= 15 is 0 Å². The van der Waals surface area contributed by atoms with Gasteiger partial charge >= 0.3 is 0 Å². The Balaban J connectivity index is 1.28. The van der Waals surface area contributed by atoms with E-state index in [1.54, 1.807) is 23.5 Å². The summed E-state index contributed by atoms with van der Waals surface area (Å²) in [6, 6.07) is 23.0. The highest BCUT2D eigenvalue weighted by Gasteiger charge is 2.14. The van der Waals surface area contributed by atoms with Crippen molar-refractivity contribution in [3.05, 3.63) is 105 Å². The molecule has 0 unspecified atom stereocenters. The molecule has 5 rings (SSSR count). The molecule has 194 valence electrons. The molecule has 5 aromatic rings. The number of rotatable bonds is 9. The third-order valence-electron chi connectivity index (χ3n) is 6.01. The first kappa shape index (κ1) is 26.5. The van der Waals surface area contributed by atoms with Crippen molar-refractivity contribution in [2.45, 2.75) is 27.0 Å². The van der Waals surface area contributed by atoms with Crippen molar-refractivity contribution in [2.75, 3.05) is 11.9 Å². The maximum Gasteiger partial charge on any atom is 0.162 e. The Hall–Kier alpha value is -3.13. The van der Waals surface area contributed by atoms with Gasteiger partial charge in [-0.05, 0) is 85.6 Å². The smallest absolute Gasteiger partial charge is 0.162 e. The summed E-state index contributed by atoms with van der Waals surface area (Å²) in [4.78, 5) is 4.78. The fourth-order valence-electron chi connectivity index (χ4n) is 4.00. The predicted molar refractivity (Wildman–Crippen MR) is 158 cm³/mol. The average Bonchev–Trinajstić information content (AvgIpc) is 3.32. The van der Waals surface area contributed by atoms with Crippen LogP contribution in [0, 0.1) is 12.7 Å². The highest BCUT2D eigenvalue weighted by molar-refractivity contribution is 9.10. The van der Waals surface area contributed by atoms with Crippen LogP contribution in [0.25, 0.3) is 20.8 Å². The first-order chi connectivity index (χ1) is 18.4. The molecule has 1 aromatic heterocycles. The molecule has 4 aromatic carbocycles. The second kappa shape index (κ2) is 11.7. The number of fused-ring (bicyclic) bond motifs is 1. The van der Waals surface area contributed by atoms with Gasteiger partial charge in [-0.3, -0.25) is 0 Å². The first-order valence-corrected chi connectivity index (χ1v) is 14.1. The molecule has 8 heteroatoms. The summed E-state index contributed by atoms with van der Waals surface area (Å²) >= 11 is 11.5. The van der Waals surface area contributed by atoms with Crippen molar-refractivity contribution in [2.24, 2.45) is 0 Å². The van der Waals surface area contributed by atoms with Gasteiger partial charge in [0.2, 0.25) is 0 Å². The molecule has 0 aliphatic carbocycles. The van der Waals surface area contributed by atoms with E-state index in [-0.39, 0.29) is 6.61 Å². The quantitative estimate of drug-likeness (QED) is 0.180. The number of anilines is 1. The van der Waals surface area contributed by atoms with E-state index < -0.39 is 5.82 Å². The van der Waals surface area contributed by atoms with Crippen LogP contribution in [0.1, 0.15) is 23.6 Å². The molecule has 0 spiro atoms. The summed E-state index contributed by atoms with van der Waals surface area (Å²) in [6.45, 7) is 5.04. The van der Waals surface area contributed by atoms with Crippen molar-refractivity contribution >= 4 is 54.8 Å². The molecule has 0 saturated heterocycles. The Morgan fingerprint density at radius 3 is 2.55 bits per heavy atom. The fourth-order valence-corrected chi connectivity index (χ4v) is 5.75. The second-order valence-corrected chi connectivity index (χ2v) is 11.0. The molecule has 0 aliphatic rings. The summed E-state index contributed by atoms with van der Waals surface area (Å²) in [5, 5.41) is 4.80. The highest BCUT2D eigenvalue weighted by Crippen LogP contribution is 2.36. The van der Waals surface area contributed by atoms with Crippen LogP contribution in [0.3, 0.4) is 0 Å². The van der Waals surface area contributed by atoms with Crippen LogP contribution in [-0.2, 0) is 13.2 Å². The SMILES string of the molecule is CCOc1cc(CNc2ccc(-c3nc4ccc(C)cc4s3)cc2)c(Br)cc1OCc1c(F)cccc1Cl. The summed E-state index contributed by atoms with van der Waals surface area (Å²) in [7, 11) is 0. The maximum atomic E-state index is 14.2. The van der Waals surface area contributed by atoms with Crippen molar-refractivity contribution in [1.29, 1.82) is 0 Å². The molecule has 0 atom stereocenters.